The summed E-state index contributed by atoms with van der Waals surface area (Å²) in [6, 6.07) is 5.02. The lowest BCUT2D eigenvalue weighted by Gasteiger charge is -2.17. The van der Waals surface area contributed by atoms with Crippen LogP contribution in [0.3, 0.4) is 0 Å². The Morgan fingerprint density at radius 1 is 1.58 bits per heavy atom. The lowest BCUT2D eigenvalue weighted by molar-refractivity contribution is 0.0942. The number of rotatable bonds is 5. The molecule has 19 heavy (non-hydrogen) atoms. The Labute approximate surface area is 125 Å². The Morgan fingerprint density at radius 3 is 2.79 bits per heavy atom. The summed E-state index contributed by atoms with van der Waals surface area (Å²) < 4.78 is 5.83. The van der Waals surface area contributed by atoms with E-state index in [2.05, 4.69) is 21.2 Å². The average molecular weight is 343 g/mol. The Hall–Kier alpha value is -1.14. The molecule has 1 fully saturated rings. The van der Waals surface area contributed by atoms with Crippen molar-refractivity contribution in [2.24, 2.45) is 11.7 Å². The Bertz CT molecular complexity index is 517. The SMILES string of the molecule is COc1ccc(Br)c(C(=O)NC(C(N)=S)C2CC2)c1. The van der Waals surface area contributed by atoms with Crippen LogP contribution in [-0.4, -0.2) is 24.0 Å². The largest absolute Gasteiger partial charge is 0.497 e. The highest BCUT2D eigenvalue weighted by Gasteiger charge is 2.34. The van der Waals surface area contributed by atoms with E-state index in [9.17, 15) is 4.79 Å². The summed E-state index contributed by atoms with van der Waals surface area (Å²) in [4.78, 5) is 12.6. The van der Waals surface area contributed by atoms with Gasteiger partial charge in [-0.2, -0.15) is 0 Å². The number of methoxy groups -OCH3 is 1. The van der Waals surface area contributed by atoms with Crippen LogP contribution in [0.2, 0.25) is 0 Å². The fourth-order valence-corrected chi connectivity index (χ4v) is 2.55. The van der Waals surface area contributed by atoms with Crippen LogP contribution in [-0.2, 0) is 0 Å². The molecule has 0 radical (unpaired) electrons. The summed E-state index contributed by atoms with van der Waals surface area (Å²) in [5.74, 6) is 0.813. The lowest BCUT2D eigenvalue weighted by Crippen LogP contribution is -2.45. The molecule has 4 nitrogen and oxygen atoms in total. The molecule has 1 unspecified atom stereocenters. The zero-order valence-electron chi connectivity index (χ0n) is 10.5. The molecule has 0 aliphatic heterocycles. The number of ether oxygens (including phenoxy) is 1. The second-order valence-corrected chi connectivity index (χ2v) is 5.86. The summed E-state index contributed by atoms with van der Waals surface area (Å²) in [5, 5.41) is 2.90. The highest BCUT2D eigenvalue weighted by Crippen LogP contribution is 2.33. The fraction of sp³-hybridized carbons (Fsp3) is 0.385. The van der Waals surface area contributed by atoms with E-state index >= 15 is 0 Å². The van der Waals surface area contributed by atoms with Gasteiger partial charge in [0.05, 0.1) is 23.7 Å². The molecular weight excluding hydrogens is 328 g/mol. The number of thiocarbonyl (C=S) groups is 1. The number of carbonyl (C=O) groups is 1. The summed E-state index contributed by atoms with van der Waals surface area (Å²) in [7, 11) is 1.56. The molecule has 0 saturated heterocycles. The van der Waals surface area contributed by atoms with Crippen LogP contribution < -0.4 is 15.8 Å². The quantitative estimate of drug-likeness (QED) is 0.805. The minimum atomic E-state index is -0.222. The van der Waals surface area contributed by atoms with Gasteiger partial charge in [-0.05, 0) is 52.9 Å². The zero-order valence-corrected chi connectivity index (χ0v) is 12.9. The summed E-state index contributed by atoms with van der Waals surface area (Å²) in [5.41, 5.74) is 6.19. The highest BCUT2D eigenvalue weighted by molar-refractivity contribution is 9.10. The van der Waals surface area contributed by atoms with Crippen molar-refractivity contribution >= 4 is 39.0 Å². The van der Waals surface area contributed by atoms with Crippen molar-refractivity contribution in [1.82, 2.24) is 5.32 Å². The topological polar surface area (TPSA) is 64.3 Å². The predicted molar refractivity (Wildman–Crippen MR) is 81.5 cm³/mol. The maximum absolute atomic E-state index is 12.3. The molecule has 102 valence electrons. The molecular formula is C13H15BrN2O2S. The molecule has 0 aromatic heterocycles. The minimum absolute atomic E-state index is 0.199. The van der Waals surface area contributed by atoms with Crippen molar-refractivity contribution in [2.45, 2.75) is 18.9 Å². The molecule has 1 saturated carbocycles. The van der Waals surface area contributed by atoms with Crippen LogP contribution in [0.5, 0.6) is 5.75 Å². The first kappa shape index (κ1) is 14.3. The van der Waals surface area contributed by atoms with Gasteiger partial charge >= 0.3 is 0 Å². The van der Waals surface area contributed by atoms with Gasteiger partial charge in [-0.3, -0.25) is 4.79 Å². The number of nitrogens with two attached hydrogens (primary N) is 1. The van der Waals surface area contributed by atoms with E-state index in [0.29, 0.717) is 26.7 Å². The lowest BCUT2D eigenvalue weighted by atomic mass is 10.1. The normalized spacial score (nSPS) is 15.7. The van der Waals surface area contributed by atoms with Gasteiger partial charge in [0, 0.05) is 4.47 Å². The number of benzene rings is 1. The van der Waals surface area contributed by atoms with Crippen LogP contribution in [0.1, 0.15) is 23.2 Å². The molecule has 1 atom stereocenters. The molecule has 3 N–H and O–H groups in total. The van der Waals surface area contributed by atoms with E-state index in [-0.39, 0.29) is 11.9 Å². The van der Waals surface area contributed by atoms with Crippen molar-refractivity contribution in [3.63, 3.8) is 0 Å². The minimum Gasteiger partial charge on any atom is -0.497 e. The molecule has 2 rings (SSSR count). The fourth-order valence-electron chi connectivity index (χ4n) is 1.88. The van der Waals surface area contributed by atoms with Crippen LogP contribution >= 0.6 is 28.1 Å². The van der Waals surface area contributed by atoms with Crippen molar-refractivity contribution in [3.8, 4) is 5.75 Å². The van der Waals surface area contributed by atoms with Crippen LogP contribution in [0.15, 0.2) is 22.7 Å². The van der Waals surface area contributed by atoms with Gasteiger partial charge in [-0.25, -0.2) is 0 Å². The van der Waals surface area contributed by atoms with E-state index in [1.807, 2.05) is 0 Å². The van der Waals surface area contributed by atoms with Gasteiger partial charge in [-0.15, -0.1) is 0 Å². The van der Waals surface area contributed by atoms with E-state index < -0.39 is 0 Å². The number of halogens is 1. The standard InChI is InChI=1S/C13H15BrN2O2S/c1-18-8-4-5-10(14)9(6-8)13(17)16-11(12(15)19)7-2-3-7/h4-7,11H,2-3H2,1H3,(H2,15,19)(H,16,17). The smallest absolute Gasteiger partial charge is 0.253 e. The summed E-state index contributed by atoms with van der Waals surface area (Å²) >= 11 is 8.37. The van der Waals surface area contributed by atoms with Gasteiger partial charge in [0.25, 0.3) is 5.91 Å². The molecule has 1 aliphatic carbocycles. The van der Waals surface area contributed by atoms with Gasteiger partial charge < -0.3 is 15.8 Å². The number of hydrogen-bond donors (Lipinski definition) is 2. The Kier molecular flexibility index (Phi) is 4.42. The maximum atomic E-state index is 12.3. The van der Waals surface area contributed by atoms with E-state index in [1.165, 1.54) is 0 Å². The van der Waals surface area contributed by atoms with Crippen LogP contribution in [0.25, 0.3) is 0 Å². The molecule has 1 amide bonds. The Balaban J connectivity index is 2.16. The first-order valence-corrected chi connectivity index (χ1v) is 7.16. The van der Waals surface area contributed by atoms with Gasteiger partial charge in [0.1, 0.15) is 5.75 Å². The first-order chi connectivity index (χ1) is 9.02. The third-order valence-corrected chi connectivity index (χ3v) is 4.05. The van der Waals surface area contributed by atoms with E-state index in [1.54, 1.807) is 25.3 Å². The molecule has 0 heterocycles. The predicted octanol–water partition coefficient (Wildman–Crippen LogP) is 2.25. The molecule has 1 aromatic rings. The van der Waals surface area contributed by atoms with Crippen molar-refractivity contribution < 1.29 is 9.53 Å². The second-order valence-electron chi connectivity index (χ2n) is 4.54. The van der Waals surface area contributed by atoms with E-state index in [4.69, 9.17) is 22.7 Å². The molecule has 1 aromatic carbocycles. The van der Waals surface area contributed by atoms with Crippen LogP contribution in [0.4, 0.5) is 0 Å². The second kappa shape index (κ2) is 5.88. The van der Waals surface area contributed by atoms with Gasteiger partial charge in [0.15, 0.2) is 0 Å². The van der Waals surface area contributed by atoms with Crippen molar-refractivity contribution in [1.29, 1.82) is 0 Å². The third-order valence-electron chi connectivity index (χ3n) is 3.10. The molecule has 6 heteroatoms. The number of nitrogens with one attached hydrogen (secondary N) is 1. The average Bonchev–Trinajstić information content (AvgIpc) is 3.20. The monoisotopic (exact) mass is 342 g/mol. The molecule has 0 spiro atoms. The van der Waals surface area contributed by atoms with Crippen LogP contribution in [0, 0.1) is 5.92 Å². The Morgan fingerprint density at radius 2 is 2.26 bits per heavy atom. The zero-order chi connectivity index (χ0) is 14.0. The van der Waals surface area contributed by atoms with E-state index in [0.717, 1.165) is 12.8 Å². The van der Waals surface area contributed by atoms with Crippen molar-refractivity contribution in [2.75, 3.05) is 7.11 Å². The van der Waals surface area contributed by atoms with Crippen molar-refractivity contribution in [3.05, 3.63) is 28.2 Å². The number of hydrogen-bond acceptors (Lipinski definition) is 3. The summed E-state index contributed by atoms with van der Waals surface area (Å²) in [6.45, 7) is 0. The third kappa shape index (κ3) is 3.45. The molecule has 1 aliphatic rings. The first-order valence-electron chi connectivity index (χ1n) is 5.96. The number of amides is 1. The van der Waals surface area contributed by atoms with Gasteiger partial charge in [-0.1, -0.05) is 12.2 Å². The number of carbonyl (C=O) groups excluding carboxylic acids is 1. The summed E-state index contributed by atoms with van der Waals surface area (Å²) in [6.07, 6.45) is 2.11. The maximum Gasteiger partial charge on any atom is 0.253 e. The van der Waals surface area contributed by atoms with Gasteiger partial charge in [0.2, 0.25) is 0 Å². The highest BCUT2D eigenvalue weighted by atomic mass is 79.9. The molecule has 0 bridgehead atoms.